The second-order valence-electron chi connectivity index (χ2n) is 32.7. The lowest BCUT2D eigenvalue weighted by molar-refractivity contribution is 1.07. The van der Waals surface area contributed by atoms with Crippen LogP contribution in [0.3, 0.4) is 0 Å². The summed E-state index contributed by atoms with van der Waals surface area (Å²) in [6.07, 6.45) is 0. The number of hydrogen-bond donors (Lipinski definition) is 0. The van der Waals surface area contributed by atoms with Crippen molar-refractivity contribution in [1.82, 2.24) is 48.2 Å². The van der Waals surface area contributed by atoms with Gasteiger partial charge in [-0.05, 0) is 109 Å². The van der Waals surface area contributed by atoms with Gasteiger partial charge in [0.2, 0.25) is 0 Å². The van der Waals surface area contributed by atoms with Crippen molar-refractivity contribution in [3.05, 3.63) is 400 Å². The molecule has 0 unspecified atom stereocenters. The van der Waals surface area contributed by atoms with Gasteiger partial charge in [-0.25, -0.2) is 29.9 Å². The lowest BCUT2D eigenvalue weighted by Gasteiger charge is -2.15. The molecule has 0 bridgehead atoms. The van der Waals surface area contributed by atoms with Crippen molar-refractivity contribution in [2.75, 3.05) is 0 Å². The van der Waals surface area contributed by atoms with E-state index in [4.69, 9.17) is 29.9 Å². The average molecular weight is 1700 g/mol. The third kappa shape index (κ3) is 11.3. The fourth-order valence-corrected chi connectivity index (χ4v) is 24.9. The normalized spacial score (nSPS) is 12.1. The first-order valence-corrected chi connectivity index (χ1v) is 46.1. The minimum atomic E-state index is 0.641. The van der Waals surface area contributed by atoms with Gasteiger partial charge in [-0.3, -0.25) is 0 Å². The molecule has 0 radical (unpaired) electrons. The molecule has 0 N–H and O–H groups in total. The predicted molar refractivity (Wildman–Crippen MR) is 541 cm³/mol. The highest BCUT2D eigenvalue weighted by Gasteiger charge is 2.29. The van der Waals surface area contributed by atoms with Crippen LogP contribution in [-0.2, 0) is 0 Å². The Morgan fingerprint density at radius 1 is 0.164 bits per heavy atom. The van der Waals surface area contributed by atoms with Crippen LogP contribution in [0.4, 0.5) is 0 Å². The van der Waals surface area contributed by atoms with Crippen LogP contribution in [0.25, 0.3) is 259 Å². The number of fused-ring (bicyclic) bond motifs is 27. The summed E-state index contributed by atoms with van der Waals surface area (Å²) in [5, 5.41) is 19.8. The van der Waals surface area contributed by atoms with E-state index in [9.17, 15) is 0 Å². The third-order valence-electron chi connectivity index (χ3n) is 25.5. The molecule has 596 valence electrons. The van der Waals surface area contributed by atoms with Crippen molar-refractivity contribution in [1.29, 1.82) is 0 Å². The van der Waals surface area contributed by atoms with Gasteiger partial charge in [0.1, 0.15) is 0 Å². The molecule has 0 saturated carbocycles. The summed E-state index contributed by atoms with van der Waals surface area (Å²) in [6, 6.07) is 144. The van der Waals surface area contributed by atoms with Gasteiger partial charge in [-0.15, -0.1) is 45.3 Å². The summed E-state index contributed by atoms with van der Waals surface area (Å²) >= 11 is 7.40. The molecule has 18 aromatic carbocycles. The molecular formula is C114H66N10S4. The van der Waals surface area contributed by atoms with Crippen LogP contribution in [-0.4, -0.2) is 48.2 Å². The molecule has 128 heavy (non-hydrogen) atoms. The highest BCUT2D eigenvalue weighted by Crippen LogP contribution is 2.53. The molecule has 10 aromatic heterocycles. The lowest BCUT2D eigenvalue weighted by atomic mass is 10.0. The number of benzene rings is 18. The van der Waals surface area contributed by atoms with Crippen LogP contribution in [0.15, 0.2) is 400 Å². The number of aromatic nitrogens is 10. The van der Waals surface area contributed by atoms with Crippen LogP contribution >= 0.6 is 45.3 Å². The Labute approximate surface area is 747 Å². The minimum absolute atomic E-state index is 0.641. The lowest BCUT2D eigenvalue weighted by Crippen LogP contribution is -2.02. The quantitative estimate of drug-likeness (QED) is 0.135. The summed E-state index contributed by atoms with van der Waals surface area (Å²) in [7, 11) is 0. The summed E-state index contributed by atoms with van der Waals surface area (Å²) in [5.74, 6) is 3.85. The molecule has 0 saturated heterocycles. The van der Waals surface area contributed by atoms with E-state index in [1.165, 1.54) is 131 Å². The van der Waals surface area contributed by atoms with E-state index >= 15 is 0 Å². The Kier molecular flexibility index (Phi) is 16.3. The maximum absolute atomic E-state index is 5.37. The van der Waals surface area contributed by atoms with Crippen molar-refractivity contribution in [3.8, 4) is 91.1 Å². The molecule has 0 aliphatic heterocycles. The first-order valence-electron chi connectivity index (χ1n) is 42.9. The van der Waals surface area contributed by atoms with Gasteiger partial charge < -0.3 is 18.3 Å². The highest BCUT2D eigenvalue weighted by molar-refractivity contribution is 7.31. The van der Waals surface area contributed by atoms with E-state index in [1.54, 1.807) is 0 Å². The van der Waals surface area contributed by atoms with E-state index in [2.05, 4.69) is 346 Å². The molecule has 10 nitrogen and oxygen atoms in total. The summed E-state index contributed by atoms with van der Waals surface area (Å²) in [4.78, 5) is 31.6. The maximum Gasteiger partial charge on any atom is 0.165 e. The summed E-state index contributed by atoms with van der Waals surface area (Å²) in [5.41, 5.74) is 19.3. The van der Waals surface area contributed by atoms with E-state index in [-0.39, 0.29) is 0 Å². The van der Waals surface area contributed by atoms with Crippen LogP contribution in [0, 0.1) is 0 Å². The molecule has 0 fully saturated rings. The van der Waals surface area contributed by atoms with E-state index in [0.717, 1.165) is 93.1 Å². The number of rotatable bonds is 10. The van der Waals surface area contributed by atoms with Gasteiger partial charge in [0.25, 0.3) is 0 Å². The molecule has 28 rings (SSSR count). The zero-order valence-electron chi connectivity index (χ0n) is 68.2. The van der Waals surface area contributed by atoms with Gasteiger partial charge in [-0.1, -0.05) is 291 Å². The zero-order chi connectivity index (χ0) is 83.8. The van der Waals surface area contributed by atoms with Gasteiger partial charge in [0.15, 0.2) is 34.9 Å². The standard InChI is InChI=1S/2C57H33N5S2/c1-4-16-34(17-5-1)55-58-56(35-18-6-2-7-19-35)60-57(59-55)45-31-37(30-44-52-51(64-53(44)45)29-28-41-40-24-12-15-27-50(40)63-54(41)52)62-47-26-14-11-23-39(47)43-32-42-38-22-10-13-25-46(38)61(48(42)33-49(43)62)36-20-8-3-9-21-36;1-4-16-34(17-5-1)55-58-56(35-18-6-2-7-19-35)60-57(59-55)45-33-37(32-44-50-49(64-53(44)45)31-30-43-40-24-12-15-27-48(40)63-54(43)50)62-47-26-14-11-23-39(47)42-29-28-41-38-22-10-13-25-46(38)61(51(41)52(42)62)36-20-8-3-9-21-36/h2*1-33H. The van der Waals surface area contributed by atoms with Gasteiger partial charge >= 0.3 is 0 Å². The minimum Gasteiger partial charge on any atom is -0.309 e. The van der Waals surface area contributed by atoms with Crippen molar-refractivity contribution in [3.63, 3.8) is 0 Å². The molecule has 0 aliphatic rings. The topological polar surface area (TPSA) is 97.1 Å². The van der Waals surface area contributed by atoms with E-state index < -0.39 is 0 Å². The second kappa shape index (κ2) is 28.8. The van der Waals surface area contributed by atoms with Crippen molar-refractivity contribution >= 4 is 213 Å². The fourth-order valence-electron chi connectivity index (χ4n) is 19.9. The Balaban J connectivity index is 0.000000132. The van der Waals surface area contributed by atoms with Gasteiger partial charge in [0, 0.05) is 180 Å². The highest BCUT2D eigenvalue weighted by atomic mass is 32.1. The predicted octanol–water partition coefficient (Wildman–Crippen LogP) is 31.6. The monoisotopic (exact) mass is 1700 g/mol. The first-order chi connectivity index (χ1) is 63.5. The van der Waals surface area contributed by atoms with Crippen molar-refractivity contribution < 1.29 is 0 Å². The number of para-hydroxylation sites is 6. The fraction of sp³-hybridized carbons (Fsp3) is 0. The third-order valence-corrected chi connectivity index (χ3v) is 30.3. The Hall–Kier alpha value is -15.9. The molecule has 10 heterocycles. The Morgan fingerprint density at radius 2 is 0.453 bits per heavy atom. The van der Waals surface area contributed by atoms with Gasteiger partial charge in [-0.2, -0.15) is 0 Å². The smallest absolute Gasteiger partial charge is 0.165 e. The molecular weight excluding hydrogens is 1640 g/mol. The molecule has 0 spiro atoms. The number of nitrogens with zero attached hydrogens (tertiary/aromatic N) is 10. The SMILES string of the molecule is c1ccc(-c2nc(-c3ccccc3)nc(-c3cc(-n4c5ccccc5c5cc6c7ccccc7n(-c7ccccc7)c6cc54)cc4c3sc3ccc5c6ccccc6sc5c34)n2)cc1.c1ccc(-c2nc(-c3ccccc3)nc(-c3cc(-n4c5ccccc5c5ccc6c7ccccc7n(-c7ccccc7)c6c54)cc4c3sc3ccc5c6ccccc6sc5c34)n2)cc1. The molecule has 28 aromatic rings. The van der Waals surface area contributed by atoms with Crippen molar-refractivity contribution in [2.24, 2.45) is 0 Å². The Bertz CT molecular complexity index is 9340. The number of hydrogen-bond acceptors (Lipinski definition) is 10. The average Bonchev–Trinajstić information content (AvgIpc) is 1.54. The first kappa shape index (κ1) is 72.5. The van der Waals surface area contributed by atoms with Gasteiger partial charge in [0.05, 0.1) is 44.1 Å². The van der Waals surface area contributed by atoms with Crippen LogP contribution in [0.5, 0.6) is 0 Å². The molecule has 0 atom stereocenters. The zero-order valence-corrected chi connectivity index (χ0v) is 71.5. The van der Waals surface area contributed by atoms with Crippen LogP contribution < -0.4 is 0 Å². The second-order valence-corrected chi connectivity index (χ2v) is 36.9. The van der Waals surface area contributed by atoms with E-state index in [0.29, 0.717) is 34.9 Å². The summed E-state index contributed by atoms with van der Waals surface area (Å²) < 4.78 is 19.8. The molecule has 0 aliphatic carbocycles. The molecule has 0 amide bonds. The number of thiophene rings is 4. The van der Waals surface area contributed by atoms with E-state index in [1.807, 2.05) is 118 Å². The largest absolute Gasteiger partial charge is 0.309 e. The summed E-state index contributed by atoms with van der Waals surface area (Å²) in [6.45, 7) is 0. The van der Waals surface area contributed by atoms with Crippen molar-refractivity contribution in [2.45, 2.75) is 0 Å². The molecule has 14 heteroatoms. The Morgan fingerprint density at radius 3 is 0.852 bits per heavy atom. The van der Waals surface area contributed by atoms with Crippen LogP contribution in [0.1, 0.15) is 0 Å². The van der Waals surface area contributed by atoms with Crippen LogP contribution in [0.2, 0.25) is 0 Å². The maximum atomic E-state index is 5.37.